The molecule has 0 saturated carbocycles. The Hall–Kier alpha value is -0.750. The van der Waals surface area contributed by atoms with E-state index in [-0.39, 0.29) is 5.92 Å². The largest absolute Gasteiger partial charge is 0.496 e. The lowest BCUT2D eigenvalue weighted by Gasteiger charge is -2.16. The smallest absolute Gasteiger partial charge is 0.401 e. The molecule has 0 aliphatic carbocycles. The van der Waals surface area contributed by atoms with Crippen molar-refractivity contribution >= 4 is 15.9 Å². The van der Waals surface area contributed by atoms with E-state index in [1.807, 2.05) is 25.1 Å². The summed E-state index contributed by atoms with van der Waals surface area (Å²) in [6, 6.07) is 5.64. The Labute approximate surface area is 119 Å². The molecule has 0 amide bonds. The minimum atomic E-state index is -4.16. The van der Waals surface area contributed by atoms with E-state index in [0.29, 0.717) is 13.0 Å². The average Bonchev–Trinajstić information content (AvgIpc) is 2.27. The summed E-state index contributed by atoms with van der Waals surface area (Å²) < 4.78 is 42.2. The molecule has 0 fully saturated rings. The van der Waals surface area contributed by atoms with Crippen LogP contribution in [-0.4, -0.2) is 26.4 Å². The molecule has 1 rings (SSSR count). The Morgan fingerprint density at radius 1 is 1.37 bits per heavy atom. The van der Waals surface area contributed by atoms with Gasteiger partial charge in [-0.1, -0.05) is 22.9 Å². The third kappa shape index (κ3) is 6.29. The van der Waals surface area contributed by atoms with Gasteiger partial charge >= 0.3 is 6.18 Å². The van der Waals surface area contributed by atoms with Crippen LogP contribution in [0, 0.1) is 5.92 Å². The number of alkyl halides is 3. The van der Waals surface area contributed by atoms with Crippen LogP contribution in [0.1, 0.15) is 12.5 Å². The minimum Gasteiger partial charge on any atom is -0.496 e. The molecular formula is C13H17BrF3NO. The molecule has 0 saturated heterocycles. The average molecular weight is 340 g/mol. The molecule has 1 aromatic rings. The molecular weight excluding hydrogens is 323 g/mol. The van der Waals surface area contributed by atoms with Crippen molar-refractivity contribution in [2.45, 2.75) is 19.5 Å². The molecule has 19 heavy (non-hydrogen) atoms. The standard InChI is InChI=1S/C13H17BrF3NO/c1-9(7-18-8-13(15,16)17)5-10-6-11(14)3-4-12(10)19-2/h3-4,6,9,18H,5,7-8H2,1-2H3. The Kier molecular flexibility index (Phi) is 6.13. The number of rotatable bonds is 6. The van der Waals surface area contributed by atoms with Crippen molar-refractivity contribution in [3.05, 3.63) is 28.2 Å². The molecule has 6 heteroatoms. The second-order valence-electron chi connectivity index (χ2n) is 4.51. The molecule has 108 valence electrons. The van der Waals surface area contributed by atoms with Gasteiger partial charge in [-0.15, -0.1) is 0 Å². The van der Waals surface area contributed by atoms with Gasteiger partial charge in [-0.25, -0.2) is 0 Å². The van der Waals surface area contributed by atoms with Crippen LogP contribution >= 0.6 is 15.9 Å². The predicted molar refractivity (Wildman–Crippen MR) is 72.5 cm³/mol. The maximum absolute atomic E-state index is 12.0. The Morgan fingerprint density at radius 3 is 2.63 bits per heavy atom. The SMILES string of the molecule is COc1ccc(Br)cc1CC(C)CNCC(F)(F)F. The van der Waals surface area contributed by atoms with E-state index in [2.05, 4.69) is 21.2 Å². The lowest BCUT2D eigenvalue weighted by atomic mass is 10.0. The number of ether oxygens (including phenoxy) is 1. The molecule has 0 heterocycles. The Balaban J connectivity index is 2.52. The second kappa shape index (κ2) is 7.14. The monoisotopic (exact) mass is 339 g/mol. The Bertz CT molecular complexity index is 409. The van der Waals surface area contributed by atoms with Crippen molar-refractivity contribution in [2.75, 3.05) is 20.2 Å². The lowest BCUT2D eigenvalue weighted by Crippen LogP contribution is -2.32. The summed E-state index contributed by atoms with van der Waals surface area (Å²) in [5.41, 5.74) is 0.984. The maximum Gasteiger partial charge on any atom is 0.401 e. The van der Waals surface area contributed by atoms with Crippen LogP contribution in [0.4, 0.5) is 13.2 Å². The van der Waals surface area contributed by atoms with Gasteiger partial charge in [-0.05, 0) is 42.6 Å². The van der Waals surface area contributed by atoms with E-state index < -0.39 is 12.7 Å². The van der Waals surface area contributed by atoms with Crippen LogP contribution in [0.5, 0.6) is 5.75 Å². The first-order valence-electron chi connectivity index (χ1n) is 5.91. The van der Waals surface area contributed by atoms with Gasteiger partial charge < -0.3 is 10.1 Å². The van der Waals surface area contributed by atoms with Crippen molar-refractivity contribution in [3.8, 4) is 5.75 Å². The molecule has 2 nitrogen and oxygen atoms in total. The van der Waals surface area contributed by atoms with Crippen molar-refractivity contribution in [1.82, 2.24) is 5.32 Å². The molecule has 0 spiro atoms. The second-order valence-corrected chi connectivity index (χ2v) is 5.43. The first kappa shape index (κ1) is 16.3. The summed E-state index contributed by atoms with van der Waals surface area (Å²) >= 11 is 3.37. The lowest BCUT2D eigenvalue weighted by molar-refractivity contribution is -0.125. The van der Waals surface area contributed by atoms with E-state index in [9.17, 15) is 13.2 Å². The van der Waals surface area contributed by atoms with Crippen LogP contribution in [0.25, 0.3) is 0 Å². The van der Waals surface area contributed by atoms with E-state index >= 15 is 0 Å². The van der Waals surface area contributed by atoms with Crippen LogP contribution in [0.2, 0.25) is 0 Å². The molecule has 1 aromatic carbocycles. The highest BCUT2D eigenvalue weighted by atomic mass is 79.9. The molecule has 0 aliphatic heterocycles. The van der Waals surface area contributed by atoms with Gasteiger partial charge in [0.05, 0.1) is 13.7 Å². The quantitative estimate of drug-likeness (QED) is 0.851. The zero-order chi connectivity index (χ0) is 14.5. The van der Waals surface area contributed by atoms with Gasteiger partial charge in [0.15, 0.2) is 0 Å². The fourth-order valence-corrected chi connectivity index (χ4v) is 2.22. The fourth-order valence-electron chi connectivity index (χ4n) is 1.81. The van der Waals surface area contributed by atoms with Crippen molar-refractivity contribution in [1.29, 1.82) is 0 Å². The molecule has 1 unspecified atom stereocenters. The van der Waals surface area contributed by atoms with Gasteiger partial charge in [0.1, 0.15) is 5.75 Å². The van der Waals surface area contributed by atoms with Crippen LogP contribution < -0.4 is 10.1 Å². The highest BCUT2D eigenvalue weighted by Crippen LogP contribution is 2.25. The molecule has 1 atom stereocenters. The topological polar surface area (TPSA) is 21.3 Å². The summed E-state index contributed by atoms with van der Waals surface area (Å²) in [5, 5.41) is 2.42. The van der Waals surface area contributed by atoms with Crippen molar-refractivity contribution in [3.63, 3.8) is 0 Å². The van der Waals surface area contributed by atoms with Gasteiger partial charge in [-0.3, -0.25) is 0 Å². The van der Waals surface area contributed by atoms with Gasteiger partial charge in [0.25, 0.3) is 0 Å². The minimum absolute atomic E-state index is 0.0885. The number of hydrogen-bond acceptors (Lipinski definition) is 2. The van der Waals surface area contributed by atoms with Gasteiger partial charge in [0.2, 0.25) is 0 Å². The summed E-state index contributed by atoms with van der Waals surface area (Å²) in [6.07, 6.45) is -3.50. The van der Waals surface area contributed by atoms with Crippen LogP contribution in [0.15, 0.2) is 22.7 Å². The van der Waals surface area contributed by atoms with E-state index in [4.69, 9.17) is 4.74 Å². The first-order valence-corrected chi connectivity index (χ1v) is 6.71. The number of hydrogen-bond donors (Lipinski definition) is 1. The van der Waals surface area contributed by atoms with Crippen LogP contribution in [-0.2, 0) is 6.42 Å². The third-order valence-electron chi connectivity index (χ3n) is 2.63. The summed E-state index contributed by atoms with van der Waals surface area (Å²) in [4.78, 5) is 0. The van der Waals surface area contributed by atoms with E-state index in [0.717, 1.165) is 15.8 Å². The molecule has 1 N–H and O–H groups in total. The highest BCUT2D eigenvalue weighted by molar-refractivity contribution is 9.10. The summed E-state index contributed by atoms with van der Waals surface area (Å²) in [7, 11) is 1.58. The van der Waals surface area contributed by atoms with Crippen molar-refractivity contribution < 1.29 is 17.9 Å². The van der Waals surface area contributed by atoms with Gasteiger partial charge in [0, 0.05) is 4.47 Å². The fraction of sp³-hybridized carbons (Fsp3) is 0.538. The zero-order valence-corrected chi connectivity index (χ0v) is 12.4. The Morgan fingerprint density at radius 2 is 2.05 bits per heavy atom. The van der Waals surface area contributed by atoms with Gasteiger partial charge in [-0.2, -0.15) is 13.2 Å². The number of halogens is 4. The molecule has 0 aliphatic rings. The summed E-state index contributed by atoms with van der Waals surface area (Å²) in [6.45, 7) is 1.27. The third-order valence-corrected chi connectivity index (χ3v) is 3.12. The predicted octanol–water partition coefficient (Wildman–Crippen LogP) is 3.79. The number of methoxy groups -OCH3 is 1. The van der Waals surface area contributed by atoms with Crippen molar-refractivity contribution in [2.24, 2.45) is 5.92 Å². The van der Waals surface area contributed by atoms with Crippen LogP contribution in [0.3, 0.4) is 0 Å². The van der Waals surface area contributed by atoms with E-state index in [1.165, 1.54) is 0 Å². The molecule has 0 bridgehead atoms. The highest BCUT2D eigenvalue weighted by Gasteiger charge is 2.26. The maximum atomic E-state index is 12.0. The molecule has 0 radical (unpaired) electrons. The zero-order valence-electron chi connectivity index (χ0n) is 10.9. The van der Waals surface area contributed by atoms with E-state index in [1.54, 1.807) is 7.11 Å². The number of nitrogens with one attached hydrogen (secondary N) is 1. The summed E-state index contributed by atoms with van der Waals surface area (Å²) in [5.74, 6) is 0.844. The normalized spacial score (nSPS) is 13.4. The molecule has 0 aromatic heterocycles. The number of benzene rings is 1. The first-order chi connectivity index (χ1) is 8.81.